The van der Waals surface area contributed by atoms with Gasteiger partial charge < -0.3 is 14.8 Å². The minimum absolute atomic E-state index is 0.115. The van der Waals surface area contributed by atoms with Crippen molar-refractivity contribution in [3.63, 3.8) is 0 Å². The van der Waals surface area contributed by atoms with E-state index in [1.54, 1.807) is 12.4 Å². The topological polar surface area (TPSA) is 60.5 Å². The van der Waals surface area contributed by atoms with E-state index in [0.717, 1.165) is 22.4 Å². The number of hydrogen-bond acceptors (Lipinski definition) is 4. The summed E-state index contributed by atoms with van der Waals surface area (Å²) >= 11 is 0. The van der Waals surface area contributed by atoms with Crippen LogP contribution in [0.1, 0.15) is 26.3 Å². The van der Waals surface area contributed by atoms with E-state index in [2.05, 4.69) is 16.4 Å². The minimum Gasteiger partial charge on any atom is -0.491 e. The van der Waals surface area contributed by atoms with Crippen molar-refractivity contribution >= 4 is 6.09 Å². The smallest absolute Gasteiger partial charge is 0.408 e. The molecule has 1 aliphatic heterocycles. The van der Waals surface area contributed by atoms with Crippen LogP contribution in [0.3, 0.4) is 0 Å². The third-order valence-corrected chi connectivity index (χ3v) is 3.74. The number of alkyl carbamates (subject to hydrolysis) is 1. The van der Waals surface area contributed by atoms with E-state index < -0.39 is 11.7 Å². The van der Waals surface area contributed by atoms with E-state index in [0.29, 0.717) is 13.0 Å². The molecule has 0 fully saturated rings. The number of rotatable bonds is 2. The second-order valence-corrected chi connectivity index (χ2v) is 6.88. The lowest BCUT2D eigenvalue weighted by atomic mass is 9.93. The molecule has 0 unspecified atom stereocenters. The molecule has 2 heterocycles. The van der Waals surface area contributed by atoms with E-state index >= 15 is 0 Å². The minimum atomic E-state index is -0.514. The lowest BCUT2D eigenvalue weighted by molar-refractivity contribution is 0.0482. The zero-order valence-electron chi connectivity index (χ0n) is 14.2. The Morgan fingerprint density at radius 2 is 2.00 bits per heavy atom. The monoisotopic (exact) mass is 326 g/mol. The number of hydrogen-bond donors (Lipinski definition) is 1. The molecule has 1 amide bonds. The van der Waals surface area contributed by atoms with Crippen molar-refractivity contribution in [2.75, 3.05) is 6.61 Å². The first-order valence-electron chi connectivity index (χ1n) is 8.07. The van der Waals surface area contributed by atoms with Crippen LogP contribution >= 0.6 is 0 Å². The van der Waals surface area contributed by atoms with Gasteiger partial charge in [0.05, 0.1) is 6.04 Å². The van der Waals surface area contributed by atoms with E-state index in [1.807, 2.05) is 45.0 Å². The maximum Gasteiger partial charge on any atom is 0.408 e. The molecule has 5 nitrogen and oxygen atoms in total. The Hall–Kier alpha value is -2.56. The van der Waals surface area contributed by atoms with Crippen LogP contribution in [0, 0.1) is 0 Å². The Balaban J connectivity index is 1.79. The molecule has 0 bridgehead atoms. The summed E-state index contributed by atoms with van der Waals surface area (Å²) in [7, 11) is 0. The summed E-state index contributed by atoms with van der Waals surface area (Å²) in [6, 6.07) is 9.84. The van der Waals surface area contributed by atoms with E-state index in [9.17, 15) is 4.79 Å². The quantitative estimate of drug-likeness (QED) is 0.916. The Morgan fingerprint density at radius 3 is 2.71 bits per heavy atom. The molecular weight excluding hydrogens is 304 g/mol. The summed E-state index contributed by atoms with van der Waals surface area (Å²) in [5.41, 5.74) is 2.77. The average Bonchev–Trinajstić information content (AvgIpc) is 2.53. The lowest BCUT2D eigenvalue weighted by Crippen LogP contribution is -2.45. The van der Waals surface area contributed by atoms with Gasteiger partial charge in [-0.15, -0.1) is 0 Å². The van der Waals surface area contributed by atoms with E-state index in [4.69, 9.17) is 9.47 Å². The van der Waals surface area contributed by atoms with Gasteiger partial charge in [0, 0.05) is 24.4 Å². The summed E-state index contributed by atoms with van der Waals surface area (Å²) in [4.78, 5) is 16.1. The SMILES string of the molecule is CC(C)(C)OC(=O)N[C@@H]1COc2cccc(-c3ccncc3)c2C1. The van der Waals surface area contributed by atoms with Crippen LogP contribution in [0.25, 0.3) is 11.1 Å². The summed E-state index contributed by atoms with van der Waals surface area (Å²) in [6.45, 7) is 5.98. The highest BCUT2D eigenvalue weighted by atomic mass is 16.6. The van der Waals surface area contributed by atoms with E-state index in [1.165, 1.54) is 0 Å². The summed E-state index contributed by atoms with van der Waals surface area (Å²) in [5, 5.41) is 2.90. The van der Waals surface area contributed by atoms with Gasteiger partial charge in [-0.2, -0.15) is 0 Å². The van der Waals surface area contributed by atoms with Crippen molar-refractivity contribution in [2.45, 2.75) is 38.8 Å². The van der Waals surface area contributed by atoms with Gasteiger partial charge in [-0.1, -0.05) is 12.1 Å². The number of carbonyl (C=O) groups is 1. The van der Waals surface area contributed by atoms with Gasteiger partial charge in [0.1, 0.15) is 18.0 Å². The fourth-order valence-electron chi connectivity index (χ4n) is 2.78. The molecule has 24 heavy (non-hydrogen) atoms. The van der Waals surface area contributed by atoms with Gasteiger partial charge in [-0.05, 0) is 50.1 Å². The molecule has 0 saturated carbocycles. The molecule has 0 aliphatic carbocycles. The Bertz CT molecular complexity index is 723. The van der Waals surface area contributed by atoms with Crippen LogP contribution in [0.5, 0.6) is 5.75 Å². The predicted molar refractivity (Wildman–Crippen MR) is 92.0 cm³/mol. The molecule has 1 N–H and O–H groups in total. The van der Waals surface area contributed by atoms with Crippen molar-refractivity contribution in [1.82, 2.24) is 10.3 Å². The van der Waals surface area contributed by atoms with Crippen molar-refractivity contribution in [2.24, 2.45) is 0 Å². The molecule has 126 valence electrons. The van der Waals surface area contributed by atoms with Gasteiger partial charge in [0.2, 0.25) is 0 Å². The fourth-order valence-corrected chi connectivity index (χ4v) is 2.78. The standard InChI is InChI=1S/C19H22N2O3/c1-19(2,3)24-18(22)21-14-11-16-15(13-7-9-20-10-8-13)5-4-6-17(16)23-12-14/h4-10,14H,11-12H2,1-3H3,(H,21,22)/t14-/m0/s1. The van der Waals surface area contributed by atoms with Crippen LogP contribution < -0.4 is 10.1 Å². The lowest BCUT2D eigenvalue weighted by Gasteiger charge is -2.29. The molecule has 0 spiro atoms. The van der Waals surface area contributed by atoms with Crippen molar-refractivity contribution in [3.05, 3.63) is 48.3 Å². The summed E-state index contributed by atoms with van der Waals surface area (Å²) in [5.74, 6) is 0.867. The predicted octanol–water partition coefficient (Wildman–Crippen LogP) is 3.58. The zero-order chi connectivity index (χ0) is 17.2. The fraction of sp³-hybridized carbons (Fsp3) is 0.368. The second-order valence-electron chi connectivity index (χ2n) is 6.88. The number of aromatic nitrogens is 1. The Morgan fingerprint density at radius 1 is 1.25 bits per heavy atom. The molecular formula is C19H22N2O3. The highest BCUT2D eigenvalue weighted by Gasteiger charge is 2.26. The molecule has 1 atom stereocenters. The number of benzene rings is 1. The van der Waals surface area contributed by atoms with E-state index in [-0.39, 0.29) is 6.04 Å². The zero-order valence-corrected chi connectivity index (χ0v) is 14.2. The number of amides is 1. The molecule has 3 rings (SSSR count). The maximum absolute atomic E-state index is 12.0. The first kappa shape index (κ1) is 16.3. The summed E-state index contributed by atoms with van der Waals surface area (Å²) < 4.78 is 11.2. The number of nitrogens with zero attached hydrogens (tertiary/aromatic N) is 1. The van der Waals surface area contributed by atoms with Crippen molar-refractivity contribution < 1.29 is 14.3 Å². The molecule has 0 radical (unpaired) electrons. The highest BCUT2D eigenvalue weighted by Crippen LogP contribution is 2.34. The van der Waals surface area contributed by atoms with Gasteiger partial charge in [-0.25, -0.2) is 4.79 Å². The van der Waals surface area contributed by atoms with Crippen LogP contribution in [0.15, 0.2) is 42.7 Å². The van der Waals surface area contributed by atoms with Gasteiger partial charge in [-0.3, -0.25) is 4.98 Å². The first-order valence-corrected chi connectivity index (χ1v) is 8.07. The van der Waals surface area contributed by atoms with Gasteiger partial charge >= 0.3 is 6.09 Å². The summed E-state index contributed by atoms with van der Waals surface area (Å²) in [6.07, 6.45) is 3.83. The maximum atomic E-state index is 12.0. The van der Waals surface area contributed by atoms with Crippen LogP contribution in [0.4, 0.5) is 4.79 Å². The normalized spacial score (nSPS) is 16.7. The second kappa shape index (κ2) is 6.51. The Kier molecular flexibility index (Phi) is 4.42. The largest absolute Gasteiger partial charge is 0.491 e. The van der Waals surface area contributed by atoms with Gasteiger partial charge in [0.25, 0.3) is 0 Å². The number of ether oxygens (including phenoxy) is 2. The number of pyridine rings is 1. The molecule has 5 heteroatoms. The molecule has 1 aromatic heterocycles. The van der Waals surface area contributed by atoms with Gasteiger partial charge in [0.15, 0.2) is 0 Å². The number of nitrogens with one attached hydrogen (secondary N) is 1. The van der Waals surface area contributed by atoms with Crippen molar-refractivity contribution in [1.29, 1.82) is 0 Å². The molecule has 1 aliphatic rings. The number of carbonyl (C=O) groups excluding carboxylic acids is 1. The molecule has 0 saturated heterocycles. The molecule has 2 aromatic rings. The van der Waals surface area contributed by atoms with Crippen molar-refractivity contribution in [3.8, 4) is 16.9 Å². The van der Waals surface area contributed by atoms with Crippen LogP contribution in [-0.4, -0.2) is 29.3 Å². The van der Waals surface area contributed by atoms with Crippen LogP contribution in [0.2, 0.25) is 0 Å². The molecule has 1 aromatic carbocycles. The Labute approximate surface area is 142 Å². The number of fused-ring (bicyclic) bond motifs is 1. The third kappa shape index (κ3) is 3.85. The average molecular weight is 326 g/mol. The first-order chi connectivity index (χ1) is 11.4. The third-order valence-electron chi connectivity index (χ3n) is 3.74. The van der Waals surface area contributed by atoms with Crippen LogP contribution in [-0.2, 0) is 11.2 Å². The highest BCUT2D eigenvalue weighted by molar-refractivity contribution is 5.71.